The normalized spacial score (nSPS) is 18.7. The molecule has 2 N–H and O–H groups in total. The van der Waals surface area contributed by atoms with Gasteiger partial charge in [-0.25, -0.2) is 0 Å². The van der Waals surface area contributed by atoms with E-state index in [4.69, 9.17) is 17.3 Å². The molecule has 1 aromatic rings. The van der Waals surface area contributed by atoms with Crippen molar-refractivity contribution in [3.05, 3.63) is 28.8 Å². The minimum atomic E-state index is 0.270. The molecule has 106 valence electrons. The second-order valence-corrected chi connectivity index (χ2v) is 6.76. The van der Waals surface area contributed by atoms with Crippen LogP contribution in [0, 0.1) is 0 Å². The van der Waals surface area contributed by atoms with Crippen LogP contribution in [0.4, 0.5) is 5.69 Å². The maximum Gasteiger partial charge on any atom is 0.0429 e. The molecule has 0 spiro atoms. The van der Waals surface area contributed by atoms with E-state index in [1.54, 1.807) is 6.07 Å². The number of rotatable bonds is 2. The van der Waals surface area contributed by atoms with Gasteiger partial charge in [0, 0.05) is 49.0 Å². The van der Waals surface area contributed by atoms with Crippen molar-refractivity contribution >= 4 is 17.3 Å². The van der Waals surface area contributed by atoms with Crippen molar-refractivity contribution < 1.29 is 0 Å². The van der Waals surface area contributed by atoms with Crippen LogP contribution >= 0.6 is 11.6 Å². The first-order valence-corrected chi connectivity index (χ1v) is 7.25. The summed E-state index contributed by atoms with van der Waals surface area (Å²) < 4.78 is 0. The fourth-order valence-corrected chi connectivity index (χ4v) is 2.87. The minimum absolute atomic E-state index is 0.270. The first-order valence-electron chi connectivity index (χ1n) is 6.87. The highest BCUT2D eigenvalue weighted by molar-refractivity contribution is 6.30. The number of nitrogens with two attached hydrogens (primary N) is 1. The summed E-state index contributed by atoms with van der Waals surface area (Å²) in [7, 11) is 0. The smallest absolute Gasteiger partial charge is 0.0429 e. The van der Waals surface area contributed by atoms with E-state index in [9.17, 15) is 0 Å². The Morgan fingerprint density at radius 1 is 1.11 bits per heavy atom. The average Bonchev–Trinajstić information content (AvgIpc) is 2.26. The Balaban J connectivity index is 1.92. The quantitative estimate of drug-likeness (QED) is 0.846. The van der Waals surface area contributed by atoms with Gasteiger partial charge in [-0.15, -0.1) is 0 Å². The summed E-state index contributed by atoms with van der Waals surface area (Å²) in [5, 5.41) is 0.725. The van der Waals surface area contributed by atoms with E-state index in [1.165, 1.54) is 5.56 Å². The van der Waals surface area contributed by atoms with E-state index in [2.05, 4.69) is 30.6 Å². The largest absolute Gasteiger partial charge is 0.399 e. The number of nitrogen functional groups attached to an aromatic ring is 1. The SMILES string of the molecule is CC(C)(C)N1CCN(Cc2cc(N)cc(Cl)c2)CC1. The van der Waals surface area contributed by atoms with Gasteiger partial charge in [-0.1, -0.05) is 11.6 Å². The third kappa shape index (κ3) is 4.10. The zero-order valence-corrected chi connectivity index (χ0v) is 12.9. The Bertz CT molecular complexity index is 411. The van der Waals surface area contributed by atoms with Crippen LogP contribution in [-0.2, 0) is 6.54 Å². The molecule has 2 rings (SSSR count). The van der Waals surface area contributed by atoms with Gasteiger partial charge in [0.1, 0.15) is 0 Å². The third-order valence-corrected chi connectivity index (χ3v) is 3.93. The third-order valence-electron chi connectivity index (χ3n) is 3.71. The van der Waals surface area contributed by atoms with Crippen molar-refractivity contribution in [2.75, 3.05) is 31.9 Å². The van der Waals surface area contributed by atoms with Crippen molar-refractivity contribution in [3.63, 3.8) is 0 Å². The summed E-state index contributed by atoms with van der Waals surface area (Å²) in [5.41, 5.74) is 8.05. The summed E-state index contributed by atoms with van der Waals surface area (Å²) in [6, 6.07) is 5.82. The lowest BCUT2D eigenvalue weighted by molar-refractivity contribution is 0.0591. The van der Waals surface area contributed by atoms with Crippen molar-refractivity contribution in [2.45, 2.75) is 32.9 Å². The lowest BCUT2D eigenvalue weighted by atomic mass is 10.0. The molecule has 0 amide bonds. The lowest BCUT2D eigenvalue weighted by Crippen LogP contribution is -2.53. The molecule has 1 saturated heterocycles. The van der Waals surface area contributed by atoms with Crippen molar-refractivity contribution in [1.29, 1.82) is 0 Å². The van der Waals surface area contributed by atoms with Gasteiger partial charge in [-0.3, -0.25) is 9.80 Å². The topological polar surface area (TPSA) is 32.5 Å². The number of nitrogens with zero attached hydrogens (tertiary/aromatic N) is 2. The molecule has 0 radical (unpaired) electrons. The molecule has 0 bridgehead atoms. The summed E-state index contributed by atoms with van der Waals surface area (Å²) in [4.78, 5) is 5.00. The molecule has 0 unspecified atom stereocenters. The first-order chi connectivity index (χ1) is 8.84. The fourth-order valence-electron chi connectivity index (χ4n) is 2.60. The molecule has 19 heavy (non-hydrogen) atoms. The molecule has 4 heteroatoms. The maximum absolute atomic E-state index is 6.04. The van der Waals surface area contributed by atoms with Crippen LogP contribution in [0.1, 0.15) is 26.3 Å². The molecular weight excluding hydrogens is 258 g/mol. The summed E-state index contributed by atoms with van der Waals surface area (Å²) in [6.07, 6.45) is 0. The van der Waals surface area contributed by atoms with Gasteiger partial charge in [0.25, 0.3) is 0 Å². The average molecular weight is 282 g/mol. The zero-order valence-electron chi connectivity index (χ0n) is 12.1. The molecule has 1 aromatic carbocycles. The molecule has 1 aliphatic rings. The van der Waals surface area contributed by atoms with Gasteiger partial charge in [-0.2, -0.15) is 0 Å². The summed E-state index contributed by atoms with van der Waals surface area (Å²) >= 11 is 6.04. The summed E-state index contributed by atoms with van der Waals surface area (Å²) in [5.74, 6) is 0. The van der Waals surface area contributed by atoms with Crippen LogP contribution in [0.2, 0.25) is 5.02 Å². The Kier molecular flexibility index (Phi) is 4.39. The van der Waals surface area contributed by atoms with E-state index in [0.717, 1.165) is 43.4 Å². The van der Waals surface area contributed by atoms with Crippen LogP contribution in [0.5, 0.6) is 0 Å². The second-order valence-electron chi connectivity index (χ2n) is 6.33. The highest BCUT2D eigenvalue weighted by Crippen LogP contribution is 2.20. The van der Waals surface area contributed by atoms with Gasteiger partial charge < -0.3 is 5.73 Å². The van der Waals surface area contributed by atoms with Crippen molar-refractivity contribution in [1.82, 2.24) is 9.80 Å². The van der Waals surface area contributed by atoms with E-state index < -0.39 is 0 Å². The zero-order chi connectivity index (χ0) is 14.0. The van der Waals surface area contributed by atoms with Crippen molar-refractivity contribution in [2.24, 2.45) is 0 Å². The molecule has 0 atom stereocenters. The Morgan fingerprint density at radius 2 is 1.74 bits per heavy atom. The van der Waals surface area contributed by atoms with E-state index >= 15 is 0 Å². The standard InChI is InChI=1S/C15H24ClN3/c1-15(2,3)19-6-4-18(5-7-19)11-12-8-13(16)10-14(17)9-12/h8-10H,4-7,11,17H2,1-3H3. The number of hydrogen-bond acceptors (Lipinski definition) is 3. The van der Waals surface area contributed by atoms with Gasteiger partial charge in [0.15, 0.2) is 0 Å². The minimum Gasteiger partial charge on any atom is -0.399 e. The Morgan fingerprint density at radius 3 is 2.26 bits per heavy atom. The number of anilines is 1. The predicted octanol–water partition coefficient (Wildman–Crippen LogP) is 2.84. The summed E-state index contributed by atoms with van der Waals surface area (Å²) in [6.45, 7) is 12.2. The van der Waals surface area contributed by atoms with Crippen LogP contribution < -0.4 is 5.73 Å². The Hall–Kier alpha value is -0.770. The molecule has 1 heterocycles. The molecular formula is C15H24ClN3. The van der Waals surface area contributed by atoms with E-state index in [-0.39, 0.29) is 5.54 Å². The predicted molar refractivity (Wildman–Crippen MR) is 82.5 cm³/mol. The van der Waals surface area contributed by atoms with E-state index in [1.807, 2.05) is 12.1 Å². The van der Waals surface area contributed by atoms with Crippen LogP contribution in [0.25, 0.3) is 0 Å². The molecule has 0 saturated carbocycles. The highest BCUT2D eigenvalue weighted by atomic mass is 35.5. The van der Waals surface area contributed by atoms with E-state index in [0.29, 0.717) is 0 Å². The first kappa shape index (κ1) is 14.6. The molecule has 1 fully saturated rings. The number of benzene rings is 1. The molecule has 0 aromatic heterocycles. The molecule has 1 aliphatic heterocycles. The number of piperazine rings is 1. The fraction of sp³-hybridized carbons (Fsp3) is 0.600. The van der Waals surface area contributed by atoms with Crippen molar-refractivity contribution in [3.8, 4) is 0 Å². The van der Waals surface area contributed by atoms with Gasteiger partial charge in [-0.05, 0) is 44.5 Å². The van der Waals surface area contributed by atoms with Crippen LogP contribution in [-0.4, -0.2) is 41.5 Å². The van der Waals surface area contributed by atoms with Crippen LogP contribution in [0.15, 0.2) is 18.2 Å². The monoisotopic (exact) mass is 281 g/mol. The molecule has 0 aliphatic carbocycles. The molecule has 3 nitrogen and oxygen atoms in total. The number of halogens is 1. The Labute approximate surface area is 121 Å². The van der Waals surface area contributed by atoms with Gasteiger partial charge in [0.05, 0.1) is 0 Å². The van der Waals surface area contributed by atoms with Gasteiger partial charge in [0.2, 0.25) is 0 Å². The number of hydrogen-bond donors (Lipinski definition) is 1. The lowest BCUT2D eigenvalue weighted by Gasteiger charge is -2.42. The second kappa shape index (κ2) is 5.70. The van der Waals surface area contributed by atoms with Crippen LogP contribution in [0.3, 0.4) is 0 Å². The van der Waals surface area contributed by atoms with Gasteiger partial charge >= 0.3 is 0 Å². The highest BCUT2D eigenvalue weighted by Gasteiger charge is 2.25. The maximum atomic E-state index is 6.04.